The first-order chi connectivity index (χ1) is 8.74. The molecule has 0 bridgehead atoms. The number of ether oxygens (including phenoxy) is 1. The van der Waals surface area contributed by atoms with Crippen molar-refractivity contribution in [3.63, 3.8) is 0 Å². The van der Waals surface area contributed by atoms with Crippen LogP contribution in [0, 0.1) is 5.82 Å². The maximum atomic E-state index is 13.5. The molecule has 0 spiro atoms. The van der Waals surface area contributed by atoms with Gasteiger partial charge in [0.2, 0.25) is 0 Å². The summed E-state index contributed by atoms with van der Waals surface area (Å²) in [5.74, 6) is -2.45. The average molecular weight is 290 g/mol. The van der Waals surface area contributed by atoms with E-state index >= 15 is 0 Å². The van der Waals surface area contributed by atoms with E-state index in [2.05, 4.69) is 0 Å². The summed E-state index contributed by atoms with van der Waals surface area (Å²) in [6.45, 7) is 2.93. The van der Waals surface area contributed by atoms with Crippen LogP contribution in [0.25, 0.3) is 0 Å². The largest absolute Gasteiger partial charge is 0.489 e. The van der Waals surface area contributed by atoms with Crippen LogP contribution in [0.1, 0.15) is 24.2 Å². The third-order valence-corrected chi connectivity index (χ3v) is 4.69. The van der Waals surface area contributed by atoms with Gasteiger partial charge in [-0.25, -0.2) is 17.6 Å². The first-order valence-corrected chi connectivity index (χ1v) is 7.33. The van der Waals surface area contributed by atoms with Crippen molar-refractivity contribution in [1.29, 1.82) is 0 Å². The molecule has 0 aromatic heterocycles. The summed E-state index contributed by atoms with van der Waals surface area (Å²) in [6, 6.07) is 3.19. The van der Waals surface area contributed by atoms with Crippen LogP contribution in [0.3, 0.4) is 0 Å². The number of rotatable bonds is 6. The molecule has 0 radical (unpaired) electrons. The predicted molar refractivity (Wildman–Crippen MR) is 67.8 cm³/mol. The zero-order chi connectivity index (χ0) is 14.6. The molecule has 7 heteroatoms. The quantitative estimate of drug-likeness (QED) is 0.863. The molecule has 0 fully saturated rings. The monoisotopic (exact) mass is 290 g/mol. The molecule has 0 atom stereocenters. The van der Waals surface area contributed by atoms with Crippen LogP contribution in [0.15, 0.2) is 18.2 Å². The topological polar surface area (TPSA) is 80.7 Å². The molecule has 1 aromatic carbocycles. The predicted octanol–water partition coefficient (Wildman–Crippen LogP) is 1.73. The maximum absolute atomic E-state index is 13.5. The van der Waals surface area contributed by atoms with Crippen LogP contribution in [0.5, 0.6) is 5.75 Å². The van der Waals surface area contributed by atoms with E-state index in [0.29, 0.717) is 0 Å². The molecule has 0 unspecified atom stereocenters. The van der Waals surface area contributed by atoms with Gasteiger partial charge in [-0.1, -0.05) is 0 Å². The fraction of sp³-hybridized carbons (Fsp3) is 0.417. The van der Waals surface area contributed by atoms with Gasteiger partial charge in [0.15, 0.2) is 21.4 Å². The van der Waals surface area contributed by atoms with Gasteiger partial charge in [-0.2, -0.15) is 0 Å². The number of halogens is 1. The van der Waals surface area contributed by atoms with Gasteiger partial charge in [0.1, 0.15) is 6.61 Å². The van der Waals surface area contributed by atoms with Crippen molar-refractivity contribution >= 4 is 15.8 Å². The molecule has 0 amide bonds. The molecule has 0 aliphatic heterocycles. The van der Waals surface area contributed by atoms with E-state index in [9.17, 15) is 17.6 Å². The Balaban J connectivity index is 2.67. The Morgan fingerprint density at radius 3 is 2.53 bits per heavy atom. The molecule has 0 saturated carbocycles. The number of hydrogen-bond donors (Lipinski definition) is 1. The molecule has 1 aromatic rings. The van der Waals surface area contributed by atoms with Crippen molar-refractivity contribution in [2.45, 2.75) is 19.1 Å². The van der Waals surface area contributed by atoms with Crippen LogP contribution in [0.2, 0.25) is 0 Å². The van der Waals surface area contributed by atoms with Crippen molar-refractivity contribution < 1.29 is 27.4 Å². The van der Waals surface area contributed by atoms with Crippen LogP contribution >= 0.6 is 0 Å². The van der Waals surface area contributed by atoms with Gasteiger partial charge in [-0.3, -0.25) is 0 Å². The third-order valence-electron chi connectivity index (χ3n) is 2.52. The van der Waals surface area contributed by atoms with E-state index in [-0.39, 0.29) is 23.7 Å². The summed E-state index contributed by atoms with van der Waals surface area (Å²) in [5.41, 5.74) is -0.195. The van der Waals surface area contributed by atoms with E-state index in [1.54, 1.807) is 13.8 Å². The summed E-state index contributed by atoms with van der Waals surface area (Å²) in [7, 11) is -3.24. The van der Waals surface area contributed by atoms with Crippen molar-refractivity contribution in [2.24, 2.45) is 0 Å². The molecule has 1 N–H and O–H groups in total. The maximum Gasteiger partial charge on any atom is 0.335 e. The number of sulfone groups is 1. The average Bonchev–Trinajstić information content (AvgIpc) is 2.30. The van der Waals surface area contributed by atoms with Gasteiger partial charge in [-0.15, -0.1) is 0 Å². The smallest absolute Gasteiger partial charge is 0.335 e. The molecular weight excluding hydrogens is 275 g/mol. The Hall–Kier alpha value is -1.63. The summed E-state index contributed by atoms with van der Waals surface area (Å²) >= 11 is 0. The lowest BCUT2D eigenvalue weighted by molar-refractivity contribution is 0.0696. The van der Waals surface area contributed by atoms with E-state index in [1.165, 1.54) is 12.1 Å². The minimum Gasteiger partial charge on any atom is -0.489 e. The summed E-state index contributed by atoms with van der Waals surface area (Å²) in [4.78, 5) is 10.6. The number of benzene rings is 1. The normalized spacial score (nSPS) is 11.6. The molecule has 0 aliphatic carbocycles. The Bertz CT molecular complexity index is 565. The highest BCUT2D eigenvalue weighted by Gasteiger charge is 2.16. The second kappa shape index (κ2) is 6.01. The van der Waals surface area contributed by atoms with Crippen LogP contribution < -0.4 is 4.74 Å². The zero-order valence-electron chi connectivity index (χ0n) is 10.6. The van der Waals surface area contributed by atoms with Gasteiger partial charge < -0.3 is 9.84 Å². The van der Waals surface area contributed by atoms with Crippen molar-refractivity contribution in [3.8, 4) is 5.75 Å². The highest BCUT2D eigenvalue weighted by molar-refractivity contribution is 7.91. The van der Waals surface area contributed by atoms with Gasteiger partial charge in [-0.05, 0) is 32.0 Å². The Morgan fingerprint density at radius 2 is 2.05 bits per heavy atom. The Morgan fingerprint density at radius 1 is 1.42 bits per heavy atom. The number of aromatic carboxylic acids is 1. The lowest BCUT2D eigenvalue weighted by atomic mass is 10.2. The number of carboxylic acid groups (broad SMARTS) is 1. The fourth-order valence-electron chi connectivity index (χ4n) is 1.25. The second-order valence-electron chi connectivity index (χ2n) is 4.21. The number of carboxylic acids is 1. The minimum atomic E-state index is -3.24. The molecule has 0 heterocycles. The van der Waals surface area contributed by atoms with E-state index in [0.717, 1.165) is 6.07 Å². The lowest BCUT2D eigenvalue weighted by Gasteiger charge is -2.10. The van der Waals surface area contributed by atoms with E-state index < -0.39 is 26.9 Å². The molecule has 5 nitrogen and oxygen atoms in total. The molecule has 1 rings (SSSR count). The SMILES string of the molecule is CC(C)S(=O)(=O)CCOc1ccc(C(=O)O)cc1F. The third kappa shape index (κ3) is 4.20. The van der Waals surface area contributed by atoms with Crippen molar-refractivity contribution in [2.75, 3.05) is 12.4 Å². The number of hydrogen-bond acceptors (Lipinski definition) is 4. The van der Waals surface area contributed by atoms with E-state index in [4.69, 9.17) is 9.84 Å². The minimum absolute atomic E-state index is 0.163. The molecule has 106 valence electrons. The van der Waals surface area contributed by atoms with Gasteiger partial charge >= 0.3 is 5.97 Å². The molecular formula is C12H15FO5S. The number of carbonyl (C=O) groups is 1. The second-order valence-corrected chi connectivity index (χ2v) is 6.89. The molecule has 0 saturated heterocycles. The Kier molecular flexibility index (Phi) is 4.88. The van der Waals surface area contributed by atoms with Gasteiger partial charge in [0.25, 0.3) is 0 Å². The van der Waals surface area contributed by atoms with Gasteiger partial charge in [0.05, 0.1) is 16.6 Å². The summed E-state index contributed by atoms with van der Waals surface area (Å²) < 4.78 is 41.5. The molecule has 19 heavy (non-hydrogen) atoms. The standard InChI is InChI=1S/C12H15FO5S/c1-8(2)19(16,17)6-5-18-11-4-3-9(12(14)15)7-10(11)13/h3-4,7-8H,5-6H2,1-2H3,(H,14,15). The van der Waals surface area contributed by atoms with Crippen molar-refractivity contribution in [1.82, 2.24) is 0 Å². The first-order valence-electron chi connectivity index (χ1n) is 5.61. The Labute approximate surface area is 110 Å². The van der Waals surface area contributed by atoms with Crippen LogP contribution in [0.4, 0.5) is 4.39 Å². The zero-order valence-corrected chi connectivity index (χ0v) is 11.4. The van der Waals surface area contributed by atoms with Gasteiger partial charge in [0, 0.05) is 0 Å². The van der Waals surface area contributed by atoms with Crippen LogP contribution in [-0.2, 0) is 9.84 Å². The highest BCUT2D eigenvalue weighted by Crippen LogP contribution is 2.18. The highest BCUT2D eigenvalue weighted by atomic mass is 32.2. The summed E-state index contributed by atoms with van der Waals surface area (Å²) in [6.07, 6.45) is 0. The van der Waals surface area contributed by atoms with E-state index in [1.807, 2.05) is 0 Å². The fourth-order valence-corrected chi connectivity index (χ4v) is 2.04. The first kappa shape index (κ1) is 15.4. The van der Waals surface area contributed by atoms with Crippen LogP contribution in [-0.4, -0.2) is 37.1 Å². The lowest BCUT2D eigenvalue weighted by Crippen LogP contribution is -2.22. The van der Waals surface area contributed by atoms with Crippen molar-refractivity contribution in [3.05, 3.63) is 29.6 Å². The summed E-state index contributed by atoms with van der Waals surface area (Å²) in [5, 5.41) is 8.14. The molecule has 0 aliphatic rings.